The molecule has 1 aromatic heterocycles. The molecular weight excluding hydrogens is 417 g/mol. The summed E-state index contributed by atoms with van der Waals surface area (Å²) >= 11 is 12.4. The normalized spacial score (nSPS) is 23.4. The summed E-state index contributed by atoms with van der Waals surface area (Å²) in [6, 6.07) is 6.65. The third-order valence-corrected chi connectivity index (χ3v) is 9.19. The van der Waals surface area contributed by atoms with Crippen LogP contribution >= 0.6 is 23.2 Å². The minimum Gasteiger partial charge on any atom is -0.238 e. The van der Waals surface area contributed by atoms with Crippen molar-refractivity contribution in [2.45, 2.75) is 62.5 Å². The maximum absolute atomic E-state index is 13.7. The molecule has 1 aliphatic heterocycles. The molecule has 2 aromatic rings. The number of fused-ring (bicyclic) bond motifs is 1. The molecule has 5 nitrogen and oxygen atoms in total. The van der Waals surface area contributed by atoms with Crippen molar-refractivity contribution in [3.8, 4) is 0 Å². The summed E-state index contributed by atoms with van der Waals surface area (Å²) in [4.78, 5) is 4.60. The Bertz CT molecular complexity index is 1040. The summed E-state index contributed by atoms with van der Waals surface area (Å²) in [7, 11) is -3.46. The molecule has 2 unspecified atom stereocenters. The largest absolute Gasteiger partial charge is 0.238 e. The smallest absolute Gasteiger partial charge is 0.163 e. The van der Waals surface area contributed by atoms with Crippen LogP contribution in [0, 0.1) is 6.92 Å². The molecule has 0 bridgehead atoms. The first-order chi connectivity index (χ1) is 13.3. The lowest BCUT2D eigenvalue weighted by atomic mass is 9.99. The van der Waals surface area contributed by atoms with Crippen LogP contribution in [-0.4, -0.2) is 34.4 Å². The molecular formula is C20H23Cl2N3O2S. The number of aliphatic imine (C=N–C) groups is 1. The Kier molecular flexibility index (Phi) is 5.31. The van der Waals surface area contributed by atoms with E-state index in [0.717, 1.165) is 30.5 Å². The van der Waals surface area contributed by atoms with E-state index < -0.39 is 21.1 Å². The Morgan fingerprint density at radius 2 is 1.75 bits per heavy atom. The number of nitrogens with zero attached hydrogens (tertiary/aromatic N) is 3. The van der Waals surface area contributed by atoms with Gasteiger partial charge in [0, 0.05) is 11.8 Å². The van der Waals surface area contributed by atoms with E-state index in [0.29, 0.717) is 34.4 Å². The Morgan fingerprint density at radius 1 is 1.04 bits per heavy atom. The molecule has 0 spiro atoms. The van der Waals surface area contributed by atoms with Crippen molar-refractivity contribution in [2.24, 2.45) is 4.99 Å². The second kappa shape index (κ2) is 7.47. The van der Waals surface area contributed by atoms with Gasteiger partial charge in [-0.2, -0.15) is 5.10 Å². The SMILES string of the molecule is CC1=Nc2cc(C)nn2C(c2ccc(Cl)c(Cl)c2)C1S(=O)(=O)C1CCCCC1. The minimum atomic E-state index is -3.46. The van der Waals surface area contributed by atoms with Crippen molar-refractivity contribution in [3.63, 3.8) is 0 Å². The quantitative estimate of drug-likeness (QED) is 0.650. The van der Waals surface area contributed by atoms with Gasteiger partial charge in [0.15, 0.2) is 15.7 Å². The van der Waals surface area contributed by atoms with Crippen molar-refractivity contribution in [2.75, 3.05) is 0 Å². The van der Waals surface area contributed by atoms with E-state index in [4.69, 9.17) is 23.2 Å². The minimum absolute atomic E-state index is 0.333. The van der Waals surface area contributed by atoms with E-state index in [1.165, 1.54) is 0 Å². The molecule has 1 aliphatic carbocycles. The van der Waals surface area contributed by atoms with Gasteiger partial charge in [0.1, 0.15) is 11.3 Å². The average molecular weight is 440 g/mol. The van der Waals surface area contributed by atoms with Gasteiger partial charge in [-0.05, 0) is 44.4 Å². The van der Waals surface area contributed by atoms with Crippen molar-refractivity contribution >= 4 is 44.6 Å². The Hall–Kier alpha value is -1.37. The number of hydrogen-bond acceptors (Lipinski definition) is 4. The zero-order chi connectivity index (χ0) is 20.1. The molecule has 2 aliphatic rings. The van der Waals surface area contributed by atoms with Gasteiger partial charge in [0.2, 0.25) is 0 Å². The first kappa shape index (κ1) is 19.9. The van der Waals surface area contributed by atoms with Crippen molar-refractivity contribution in [1.29, 1.82) is 0 Å². The van der Waals surface area contributed by atoms with E-state index in [9.17, 15) is 8.42 Å². The van der Waals surface area contributed by atoms with Crippen LogP contribution in [0.1, 0.15) is 56.3 Å². The van der Waals surface area contributed by atoms with Crippen LogP contribution in [0.15, 0.2) is 29.3 Å². The summed E-state index contributed by atoms with van der Waals surface area (Å²) in [5.74, 6) is 0.668. The molecule has 150 valence electrons. The van der Waals surface area contributed by atoms with Gasteiger partial charge < -0.3 is 0 Å². The number of sulfone groups is 1. The fourth-order valence-electron chi connectivity index (χ4n) is 4.42. The van der Waals surface area contributed by atoms with E-state index in [-0.39, 0.29) is 5.25 Å². The molecule has 1 fully saturated rings. The molecule has 2 atom stereocenters. The summed E-state index contributed by atoms with van der Waals surface area (Å²) in [5.41, 5.74) is 2.18. The van der Waals surface area contributed by atoms with Gasteiger partial charge in [-0.3, -0.25) is 0 Å². The number of rotatable bonds is 3. The van der Waals surface area contributed by atoms with Crippen LogP contribution in [-0.2, 0) is 9.84 Å². The number of hydrogen-bond donors (Lipinski definition) is 0. The second-order valence-corrected chi connectivity index (χ2v) is 10.9. The number of halogens is 2. The third-order valence-electron chi connectivity index (χ3n) is 5.75. The third kappa shape index (κ3) is 3.40. The number of aryl methyl sites for hydroxylation is 1. The monoisotopic (exact) mass is 439 g/mol. The molecule has 0 radical (unpaired) electrons. The lowest BCUT2D eigenvalue weighted by Crippen LogP contribution is -2.45. The maximum Gasteiger partial charge on any atom is 0.163 e. The molecule has 0 amide bonds. The van der Waals surface area contributed by atoms with Gasteiger partial charge in [0.25, 0.3) is 0 Å². The van der Waals surface area contributed by atoms with Crippen molar-refractivity contribution in [1.82, 2.24) is 9.78 Å². The molecule has 2 heterocycles. The van der Waals surface area contributed by atoms with Gasteiger partial charge in [-0.15, -0.1) is 0 Å². The number of aromatic nitrogens is 2. The van der Waals surface area contributed by atoms with Crippen LogP contribution in [0.4, 0.5) is 5.82 Å². The molecule has 1 aromatic carbocycles. The van der Waals surface area contributed by atoms with Gasteiger partial charge in [-0.1, -0.05) is 48.5 Å². The molecule has 8 heteroatoms. The van der Waals surface area contributed by atoms with Gasteiger partial charge in [0.05, 0.1) is 21.0 Å². The summed E-state index contributed by atoms with van der Waals surface area (Å²) in [5, 5.41) is 4.32. The van der Waals surface area contributed by atoms with Crippen LogP contribution in [0.25, 0.3) is 0 Å². The predicted octanol–water partition coefficient (Wildman–Crippen LogP) is 5.31. The predicted molar refractivity (Wildman–Crippen MR) is 114 cm³/mol. The standard InChI is InChI=1S/C20H23Cl2N3O2S/c1-12-10-18-23-13(2)20(28(26,27)15-6-4-3-5-7-15)19(25(18)24-12)14-8-9-16(21)17(22)11-14/h8-11,15,19-20H,3-7H2,1-2H3. The van der Waals surface area contributed by atoms with Crippen LogP contribution in [0.3, 0.4) is 0 Å². The number of benzene rings is 1. The molecule has 28 heavy (non-hydrogen) atoms. The van der Waals surface area contributed by atoms with Crippen LogP contribution < -0.4 is 0 Å². The van der Waals surface area contributed by atoms with Crippen LogP contribution in [0.2, 0.25) is 10.0 Å². The van der Waals surface area contributed by atoms with Crippen molar-refractivity contribution < 1.29 is 8.42 Å². The maximum atomic E-state index is 13.7. The van der Waals surface area contributed by atoms with Crippen molar-refractivity contribution in [3.05, 3.63) is 45.6 Å². The lowest BCUT2D eigenvalue weighted by molar-refractivity contribution is 0.464. The summed E-state index contributed by atoms with van der Waals surface area (Å²) in [6.07, 6.45) is 4.44. The Morgan fingerprint density at radius 3 is 2.43 bits per heavy atom. The van der Waals surface area contributed by atoms with E-state index in [1.807, 2.05) is 19.1 Å². The zero-order valence-electron chi connectivity index (χ0n) is 15.9. The molecule has 0 N–H and O–H groups in total. The first-order valence-corrected chi connectivity index (χ1v) is 11.9. The van der Waals surface area contributed by atoms with Gasteiger partial charge >= 0.3 is 0 Å². The van der Waals surface area contributed by atoms with E-state index in [2.05, 4.69) is 10.1 Å². The summed E-state index contributed by atoms with van der Waals surface area (Å²) in [6.45, 7) is 3.69. The molecule has 1 saturated carbocycles. The highest BCUT2D eigenvalue weighted by atomic mass is 35.5. The molecule has 4 rings (SSSR count). The first-order valence-electron chi connectivity index (χ1n) is 9.58. The second-order valence-electron chi connectivity index (χ2n) is 7.73. The summed E-state index contributed by atoms with van der Waals surface area (Å²) < 4.78 is 29.2. The lowest BCUT2D eigenvalue weighted by Gasteiger charge is -2.35. The van der Waals surface area contributed by atoms with E-state index in [1.54, 1.807) is 23.7 Å². The molecule has 0 saturated heterocycles. The van der Waals surface area contributed by atoms with E-state index >= 15 is 0 Å². The Balaban J connectivity index is 1.88. The van der Waals surface area contributed by atoms with Gasteiger partial charge in [-0.25, -0.2) is 18.1 Å². The Labute approximate surface area is 175 Å². The average Bonchev–Trinajstić information content (AvgIpc) is 3.03. The fraction of sp³-hybridized carbons (Fsp3) is 0.500. The zero-order valence-corrected chi connectivity index (χ0v) is 18.2. The van der Waals surface area contributed by atoms with Crippen LogP contribution in [0.5, 0.6) is 0 Å². The highest BCUT2D eigenvalue weighted by Gasteiger charge is 2.45. The fourth-order valence-corrected chi connectivity index (χ4v) is 7.29. The highest BCUT2D eigenvalue weighted by molar-refractivity contribution is 7.93. The topological polar surface area (TPSA) is 64.3 Å². The highest BCUT2D eigenvalue weighted by Crippen LogP contribution is 2.40.